The SMILES string of the molecule is CCN1CCN(c2ccc(Cl)cc2NC(=O)CCn2c(C)csc2=O)CC1. The van der Waals surface area contributed by atoms with Gasteiger partial charge in [0.25, 0.3) is 0 Å². The fraction of sp³-hybridized carbons (Fsp3) is 0.474. The maximum atomic E-state index is 12.5. The first-order valence-electron chi connectivity index (χ1n) is 9.19. The first-order chi connectivity index (χ1) is 13.0. The third-order valence-corrected chi connectivity index (χ3v) is 6.05. The van der Waals surface area contributed by atoms with Gasteiger partial charge >= 0.3 is 4.87 Å². The Morgan fingerprint density at radius 3 is 2.63 bits per heavy atom. The molecule has 1 aliphatic rings. The summed E-state index contributed by atoms with van der Waals surface area (Å²) in [4.78, 5) is 28.9. The van der Waals surface area contributed by atoms with Crippen molar-refractivity contribution in [3.8, 4) is 0 Å². The van der Waals surface area contributed by atoms with E-state index in [1.807, 2.05) is 24.4 Å². The Kier molecular flexibility index (Phi) is 6.57. The minimum atomic E-state index is -0.122. The summed E-state index contributed by atoms with van der Waals surface area (Å²) in [6.07, 6.45) is 0.243. The highest BCUT2D eigenvalue weighted by molar-refractivity contribution is 7.07. The van der Waals surface area contributed by atoms with Gasteiger partial charge in [0.1, 0.15) is 0 Å². The molecule has 1 aromatic carbocycles. The zero-order chi connectivity index (χ0) is 19.4. The first kappa shape index (κ1) is 19.9. The highest BCUT2D eigenvalue weighted by atomic mass is 35.5. The van der Waals surface area contributed by atoms with Gasteiger partial charge in [0.05, 0.1) is 11.4 Å². The third kappa shape index (κ3) is 4.91. The Morgan fingerprint density at radius 1 is 1.26 bits per heavy atom. The highest BCUT2D eigenvalue weighted by Crippen LogP contribution is 2.30. The minimum Gasteiger partial charge on any atom is -0.367 e. The van der Waals surface area contributed by atoms with E-state index in [9.17, 15) is 9.59 Å². The number of halogens is 1. The molecule has 1 saturated heterocycles. The van der Waals surface area contributed by atoms with Crippen LogP contribution in [0.3, 0.4) is 0 Å². The van der Waals surface area contributed by atoms with Crippen LogP contribution in [0.4, 0.5) is 11.4 Å². The molecule has 1 aromatic heterocycles. The summed E-state index contributed by atoms with van der Waals surface area (Å²) in [5.41, 5.74) is 2.61. The van der Waals surface area contributed by atoms with Crippen molar-refractivity contribution in [2.24, 2.45) is 0 Å². The van der Waals surface area contributed by atoms with Crippen LogP contribution in [0.15, 0.2) is 28.4 Å². The van der Waals surface area contributed by atoms with Crippen LogP contribution in [0.2, 0.25) is 5.02 Å². The van der Waals surface area contributed by atoms with Gasteiger partial charge in [0.15, 0.2) is 0 Å². The quantitative estimate of drug-likeness (QED) is 0.798. The van der Waals surface area contributed by atoms with Crippen molar-refractivity contribution in [1.82, 2.24) is 9.47 Å². The average molecular weight is 409 g/mol. The summed E-state index contributed by atoms with van der Waals surface area (Å²) in [5, 5.41) is 5.38. The number of rotatable bonds is 6. The number of carbonyl (C=O) groups excluding carboxylic acids is 1. The molecule has 0 atom stereocenters. The van der Waals surface area contributed by atoms with Crippen LogP contribution < -0.4 is 15.1 Å². The Morgan fingerprint density at radius 2 is 2.00 bits per heavy atom. The van der Waals surface area contributed by atoms with Gasteiger partial charge in [0, 0.05) is 55.2 Å². The van der Waals surface area contributed by atoms with Gasteiger partial charge in [-0.15, -0.1) is 0 Å². The smallest absolute Gasteiger partial charge is 0.307 e. The number of hydrogen-bond acceptors (Lipinski definition) is 5. The molecule has 6 nitrogen and oxygen atoms in total. The number of aromatic nitrogens is 1. The summed E-state index contributed by atoms with van der Waals surface area (Å²) in [6, 6.07) is 5.61. The van der Waals surface area contributed by atoms with E-state index in [-0.39, 0.29) is 17.2 Å². The zero-order valence-corrected chi connectivity index (χ0v) is 17.3. The maximum absolute atomic E-state index is 12.5. The Hall–Kier alpha value is -1.83. The molecule has 1 amide bonds. The first-order valence-corrected chi connectivity index (χ1v) is 10.5. The van der Waals surface area contributed by atoms with Crippen molar-refractivity contribution in [2.45, 2.75) is 26.8 Å². The number of amides is 1. The van der Waals surface area contributed by atoms with Gasteiger partial charge in [-0.05, 0) is 31.7 Å². The molecule has 0 aliphatic carbocycles. The van der Waals surface area contributed by atoms with Crippen LogP contribution in [0.5, 0.6) is 0 Å². The topological polar surface area (TPSA) is 57.6 Å². The molecule has 0 unspecified atom stereocenters. The zero-order valence-electron chi connectivity index (χ0n) is 15.7. The van der Waals surface area contributed by atoms with Crippen LogP contribution in [0.1, 0.15) is 19.0 Å². The fourth-order valence-corrected chi connectivity index (χ4v) is 4.22. The van der Waals surface area contributed by atoms with Crippen molar-refractivity contribution >= 4 is 40.2 Å². The van der Waals surface area contributed by atoms with Crippen molar-refractivity contribution in [3.63, 3.8) is 0 Å². The van der Waals surface area contributed by atoms with Gasteiger partial charge in [-0.3, -0.25) is 9.59 Å². The molecule has 0 saturated carbocycles. The molecule has 1 N–H and O–H groups in total. The lowest BCUT2D eigenvalue weighted by atomic mass is 10.2. The van der Waals surface area contributed by atoms with E-state index in [0.717, 1.165) is 61.1 Å². The molecule has 27 heavy (non-hydrogen) atoms. The van der Waals surface area contributed by atoms with Crippen LogP contribution in [-0.4, -0.2) is 48.1 Å². The molecular formula is C19H25ClN4O2S. The van der Waals surface area contributed by atoms with Gasteiger partial charge in [-0.2, -0.15) is 0 Å². The van der Waals surface area contributed by atoms with E-state index in [4.69, 9.17) is 11.6 Å². The van der Waals surface area contributed by atoms with Crippen LogP contribution in [-0.2, 0) is 11.3 Å². The van der Waals surface area contributed by atoms with Gasteiger partial charge in [-0.25, -0.2) is 0 Å². The monoisotopic (exact) mass is 408 g/mol. The highest BCUT2D eigenvalue weighted by Gasteiger charge is 2.19. The maximum Gasteiger partial charge on any atom is 0.307 e. The predicted molar refractivity (Wildman–Crippen MR) is 112 cm³/mol. The van der Waals surface area contributed by atoms with Crippen molar-refractivity contribution < 1.29 is 4.79 Å². The lowest BCUT2D eigenvalue weighted by molar-refractivity contribution is -0.116. The van der Waals surface area contributed by atoms with E-state index >= 15 is 0 Å². The summed E-state index contributed by atoms with van der Waals surface area (Å²) < 4.78 is 1.63. The summed E-state index contributed by atoms with van der Waals surface area (Å²) in [7, 11) is 0. The number of piperazine rings is 1. The third-order valence-electron chi connectivity index (χ3n) is 4.93. The molecule has 2 heterocycles. The molecule has 146 valence electrons. The second kappa shape index (κ2) is 8.91. The van der Waals surface area contributed by atoms with Crippen LogP contribution in [0.25, 0.3) is 0 Å². The number of hydrogen-bond donors (Lipinski definition) is 1. The number of likely N-dealkylation sites (N-methyl/N-ethyl adjacent to an activating group) is 1. The van der Waals surface area contributed by atoms with Gasteiger partial charge in [0.2, 0.25) is 5.91 Å². The van der Waals surface area contributed by atoms with Crippen LogP contribution in [0, 0.1) is 6.92 Å². The predicted octanol–water partition coefficient (Wildman–Crippen LogP) is 3.04. The van der Waals surface area contributed by atoms with Gasteiger partial charge in [-0.1, -0.05) is 29.9 Å². The lowest BCUT2D eigenvalue weighted by Crippen LogP contribution is -2.46. The summed E-state index contributed by atoms with van der Waals surface area (Å²) in [5.74, 6) is -0.122. The Balaban J connectivity index is 1.68. The fourth-order valence-electron chi connectivity index (χ4n) is 3.29. The molecule has 3 rings (SSSR count). The minimum absolute atomic E-state index is 0.0301. The van der Waals surface area contributed by atoms with E-state index in [0.29, 0.717) is 11.6 Å². The number of nitrogens with one attached hydrogen (secondary N) is 1. The number of anilines is 2. The average Bonchev–Trinajstić information content (AvgIpc) is 2.98. The lowest BCUT2D eigenvalue weighted by Gasteiger charge is -2.36. The van der Waals surface area contributed by atoms with E-state index in [1.54, 1.807) is 10.6 Å². The van der Waals surface area contributed by atoms with Crippen molar-refractivity contribution in [2.75, 3.05) is 42.9 Å². The van der Waals surface area contributed by atoms with E-state index in [2.05, 4.69) is 22.0 Å². The molecule has 2 aromatic rings. The number of benzene rings is 1. The second-order valence-electron chi connectivity index (χ2n) is 6.68. The second-order valence-corrected chi connectivity index (χ2v) is 7.93. The summed E-state index contributed by atoms with van der Waals surface area (Å²) >= 11 is 7.32. The number of thiazole rings is 1. The molecular weight excluding hydrogens is 384 g/mol. The number of nitrogens with zero attached hydrogens (tertiary/aromatic N) is 3. The molecule has 0 radical (unpaired) electrons. The number of carbonyl (C=O) groups is 1. The largest absolute Gasteiger partial charge is 0.367 e. The normalized spacial score (nSPS) is 15.1. The van der Waals surface area contributed by atoms with Gasteiger partial charge < -0.3 is 19.7 Å². The van der Waals surface area contributed by atoms with E-state index in [1.165, 1.54) is 0 Å². The van der Waals surface area contributed by atoms with Crippen molar-refractivity contribution in [3.05, 3.63) is 44.0 Å². The van der Waals surface area contributed by atoms with E-state index < -0.39 is 0 Å². The molecule has 1 aliphatic heterocycles. The van der Waals surface area contributed by atoms with Crippen LogP contribution >= 0.6 is 22.9 Å². The molecule has 1 fully saturated rings. The molecule has 0 spiro atoms. The molecule has 8 heteroatoms. The Labute approximate surface area is 168 Å². The Bertz CT molecular complexity index is 856. The molecule has 0 bridgehead atoms. The number of aryl methyl sites for hydroxylation is 1. The standard InChI is InChI=1S/C19H25ClN4O2S/c1-3-22-8-10-23(11-9-22)17-5-4-15(20)12-16(17)21-18(25)6-7-24-14(2)13-27-19(24)26/h4-5,12-13H,3,6-11H2,1-2H3,(H,21,25). The summed E-state index contributed by atoms with van der Waals surface area (Å²) in [6.45, 7) is 9.33. The van der Waals surface area contributed by atoms with Crippen molar-refractivity contribution in [1.29, 1.82) is 0 Å².